The number of pyridine rings is 2. The van der Waals surface area contributed by atoms with E-state index in [-0.39, 0.29) is 5.56 Å². The summed E-state index contributed by atoms with van der Waals surface area (Å²) >= 11 is 0. The molecule has 0 aromatic carbocycles. The van der Waals surface area contributed by atoms with Crippen LogP contribution in [0.2, 0.25) is 0 Å². The van der Waals surface area contributed by atoms with Gasteiger partial charge in [0.05, 0.1) is 45.0 Å². The van der Waals surface area contributed by atoms with Crippen molar-refractivity contribution >= 4 is 40.8 Å². The molecule has 0 fully saturated rings. The van der Waals surface area contributed by atoms with Crippen molar-refractivity contribution in [3.05, 3.63) is 59.4 Å². The summed E-state index contributed by atoms with van der Waals surface area (Å²) in [5.74, 6) is -0.149. The Labute approximate surface area is 203 Å². The molecule has 3 aromatic rings. The number of carbonyl (C=O) groups is 2. The molecule has 0 unspecified atom stereocenters. The molecule has 0 aliphatic rings. The summed E-state index contributed by atoms with van der Waals surface area (Å²) in [5.41, 5.74) is 2.24. The van der Waals surface area contributed by atoms with E-state index in [0.29, 0.717) is 45.5 Å². The Bertz CT molecular complexity index is 1350. The average Bonchev–Trinajstić information content (AvgIpc) is 3.14. The molecule has 0 aliphatic carbocycles. The van der Waals surface area contributed by atoms with Crippen molar-refractivity contribution < 1.29 is 23.8 Å². The third kappa shape index (κ3) is 5.55. The molecule has 182 valence electrons. The molecule has 0 bridgehead atoms. The Hall–Kier alpha value is -4.47. The lowest BCUT2D eigenvalue weighted by molar-refractivity contribution is -0.112. The number of hydrogen-bond donors (Lipinski definition) is 1. The van der Waals surface area contributed by atoms with Gasteiger partial charge in [-0.3, -0.25) is 14.6 Å². The van der Waals surface area contributed by atoms with Gasteiger partial charge in [0.1, 0.15) is 17.2 Å². The molecule has 0 atom stereocenters. The Morgan fingerprint density at radius 3 is 2.57 bits per heavy atom. The lowest BCUT2D eigenvalue weighted by Crippen LogP contribution is -2.23. The zero-order valence-corrected chi connectivity index (χ0v) is 20.4. The Morgan fingerprint density at radius 1 is 1.14 bits per heavy atom. The van der Waals surface area contributed by atoms with Gasteiger partial charge < -0.3 is 24.1 Å². The third-order valence-electron chi connectivity index (χ3n) is 5.16. The maximum absolute atomic E-state index is 13.3. The van der Waals surface area contributed by atoms with E-state index >= 15 is 0 Å². The summed E-state index contributed by atoms with van der Waals surface area (Å²) in [7, 11) is 4.53. The van der Waals surface area contributed by atoms with Gasteiger partial charge in [0.15, 0.2) is 0 Å². The molecule has 10 heteroatoms. The first kappa shape index (κ1) is 25.2. The molecule has 10 nitrogen and oxygen atoms in total. The van der Waals surface area contributed by atoms with Crippen LogP contribution in [-0.2, 0) is 9.53 Å². The van der Waals surface area contributed by atoms with Gasteiger partial charge in [-0.05, 0) is 39.0 Å². The highest BCUT2D eigenvalue weighted by molar-refractivity contribution is 6.48. The molecule has 0 saturated heterocycles. The number of nitrogens with one attached hydrogen (secondary N) is 1. The van der Waals surface area contributed by atoms with Crippen molar-refractivity contribution in [1.82, 2.24) is 14.5 Å². The first-order chi connectivity index (χ1) is 16.8. The highest BCUT2D eigenvalue weighted by atomic mass is 16.5. The molecule has 3 aromatic heterocycles. The van der Waals surface area contributed by atoms with Crippen LogP contribution in [0.1, 0.15) is 29.9 Å². The zero-order chi connectivity index (χ0) is 25.5. The number of Topliss-reactive ketones (excluding diaryl/α,β-unsaturated/α-hetero) is 1. The summed E-state index contributed by atoms with van der Waals surface area (Å²) in [6.07, 6.45) is 8.13. The van der Waals surface area contributed by atoms with E-state index in [4.69, 9.17) is 14.2 Å². The van der Waals surface area contributed by atoms with Gasteiger partial charge >= 0.3 is 0 Å². The predicted octanol–water partition coefficient (Wildman–Crippen LogP) is 4.02. The van der Waals surface area contributed by atoms with E-state index in [9.17, 15) is 9.59 Å². The molecule has 0 radical (unpaired) electrons. The van der Waals surface area contributed by atoms with E-state index in [0.717, 1.165) is 0 Å². The number of methoxy groups -OCH3 is 3. The molecule has 3 rings (SSSR count). The Kier molecular flexibility index (Phi) is 7.98. The number of amides is 1. The largest absolute Gasteiger partial charge is 0.495 e. The number of anilines is 1. The number of carbonyl (C=O) groups excluding carboxylic acids is 2. The Morgan fingerprint density at radius 2 is 1.91 bits per heavy atom. The van der Waals surface area contributed by atoms with Gasteiger partial charge in [-0.2, -0.15) is 0 Å². The van der Waals surface area contributed by atoms with Gasteiger partial charge in [0.2, 0.25) is 5.88 Å². The Balaban J connectivity index is 2.06. The summed E-state index contributed by atoms with van der Waals surface area (Å²) in [5, 5.41) is 3.08. The number of aliphatic imine (C=N–C) groups is 1. The maximum Gasteiger partial charge on any atom is 0.296 e. The zero-order valence-electron chi connectivity index (χ0n) is 20.4. The quantitative estimate of drug-likeness (QED) is 0.214. The standard InChI is InChI=1S/C25H27N5O5/c1-7-18(33-4)12-27-15(2)14-30-16(3)22(20-11-19(34-5)13-28-24(20)30)23(31)25(32)29-17-8-9-26-21(10-17)35-6/h7-14H,1-6H3,(H,26,29,32)/b15-14-,18-7+,27-12-. The van der Waals surface area contributed by atoms with E-state index in [1.807, 2.05) is 6.92 Å². The molecule has 0 aliphatic heterocycles. The molecular formula is C25H27N5O5. The van der Waals surface area contributed by atoms with Crippen molar-refractivity contribution in [3.63, 3.8) is 0 Å². The topological polar surface area (TPSA) is 117 Å². The third-order valence-corrected chi connectivity index (χ3v) is 5.16. The van der Waals surface area contributed by atoms with Crippen molar-refractivity contribution in [2.24, 2.45) is 4.99 Å². The molecule has 1 amide bonds. The van der Waals surface area contributed by atoms with Crippen LogP contribution in [-0.4, -0.2) is 53.8 Å². The smallest absolute Gasteiger partial charge is 0.296 e. The first-order valence-corrected chi connectivity index (χ1v) is 10.7. The highest BCUT2D eigenvalue weighted by Crippen LogP contribution is 2.29. The number of aromatic nitrogens is 3. The lowest BCUT2D eigenvalue weighted by Gasteiger charge is -2.06. The van der Waals surface area contributed by atoms with Crippen molar-refractivity contribution in [2.45, 2.75) is 20.8 Å². The molecule has 0 saturated carbocycles. The number of fused-ring (bicyclic) bond motifs is 1. The minimum atomic E-state index is -0.806. The normalized spacial score (nSPS) is 12.2. The van der Waals surface area contributed by atoms with Crippen LogP contribution in [0.25, 0.3) is 17.2 Å². The van der Waals surface area contributed by atoms with Crippen LogP contribution in [0.3, 0.4) is 0 Å². The van der Waals surface area contributed by atoms with Gasteiger partial charge in [0.25, 0.3) is 11.7 Å². The second kappa shape index (κ2) is 11.1. The number of allylic oxidation sites excluding steroid dienone is 3. The van der Waals surface area contributed by atoms with Crippen LogP contribution >= 0.6 is 0 Å². The minimum Gasteiger partial charge on any atom is -0.495 e. The van der Waals surface area contributed by atoms with Gasteiger partial charge in [-0.15, -0.1) is 0 Å². The second-order valence-electron chi connectivity index (χ2n) is 7.37. The van der Waals surface area contributed by atoms with Gasteiger partial charge in [-0.25, -0.2) is 9.97 Å². The number of rotatable bonds is 9. The molecular weight excluding hydrogens is 450 g/mol. The summed E-state index contributed by atoms with van der Waals surface area (Å²) in [6.45, 7) is 5.39. The SMILES string of the molecule is C\C=C(/C=N\C(C)=C/n1c(C)c(C(=O)C(=O)Nc2ccnc(OC)c2)c2cc(OC)cnc21)OC. The number of hydrogen-bond acceptors (Lipinski definition) is 8. The van der Waals surface area contributed by atoms with E-state index in [1.165, 1.54) is 26.5 Å². The second-order valence-corrected chi connectivity index (χ2v) is 7.37. The number of ether oxygens (including phenoxy) is 3. The van der Waals surface area contributed by atoms with Crippen LogP contribution in [0.15, 0.2) is 53.1 Å². The van der Waals surface area contributed by atoms with Crippen LogP contribution < -0.4 is 14.8 Å². The number of nitrogens with zero attached hydrogens (tertiary/aromatic N) is 4. The fourth-order valence-corrected chi connectivity index (χ4v) is 3.38. The molecule has 0 spiro atoms. The summed E-state index contributed by atoms with van der Waals surface area (Å²) in [6, 6.07) is 4.77. The van der Waals surface area contributed by atoms with E-state index < -0.39 is 11.7 Å². The molecule has 1 N–H and O–H groups in total. The van der Waals surface area contributed by atoms with Crippen LogP contribution in [0.4, 0.5) is 5.69 Å². The predicted molar refractivity (Wildman–Crippen MR) is 134 cm³/mol. The van der Waals surface area contributed by atoms with Crippen LogP contribution in [0, 0.1) is 6.92 Å². The van der Waals surface area contributed by atoms with Crippen molar-refractivity contribution in [2.75, 3.05) is 26.6 Å². The summed E-state index contributed by atoms with van der Waals surface area (Å²) < 4.78 is 17.3. The molecule has 35 heavy (non-hydrogen) atoms. The van der Waals surface area contributed by atoms with E-state index in [2.05, 4.69) is 20.3 Å². The van der Waals surface area contributed by atoms with Crippen molar-refractivity contribution in [3.8, 4) is 11.6 Å². The van der Waals surface area contributed by atoms with E-state index in [1.54, 1.807) is 62.3 Å². The average molecular weight is 478 g/mol. The van der Waals surface area contributed by atoms with Crippen LogP contribution in [0.5, 0.6) is 11.6 Å². The van der Waals surface area contributed by atoms with Gasteiger partial charge in [-0.1, -0.05) is 0 Å². The van der Waals surface area contributed by atoms with Crippen molar-refractivity contribution in [1.29, 1.82) is 0 Å². The maximum atomic E-state index is 13.3. The first-order valence-electron chi connectivity index (χ1n) is 10.7. The minimum absolute atomic E-state index is 0.212. The fraction of sp³-hybridized carbons (Fsp3) is 0.240. The summed E-state index contributed by atoms with van der Waals surface area (Å²) in [4.78, 5) is 39.1. The molecule has 3 heterocycles. The van der Waals surface area contributed by atoms with Gasteiger partial charge in [0, 0.05) is 35.2 Å². The monoisotopic (exact) mass is 477 g/mol. The lowest BCUT2D eigenvalue weighted by atomic mass is 10.1. The number of ketones is 1. The highest BCUT2D eigenvalue weighted by Gasteiger charge is 2.26. The fourth-order valence-electron chi connectivity index (χ4n) is 3.38.